The van der Waals surface area contributed by atoms with Crippen LogP contribution >= 0.6 is 19.6 Å². The van der Waals surface area contributed by atoms with Crippen molar-refractivity contribution in [2.45, 2.75) is 19.3 Å². The van der Waals surface area contributed by atoms with Crippen LogP contribution in [0.25, 0.3) is 0 Å². The molecule has 4 rings (SSSR count). The van der Waals surface area contributed by atoms with E-state index in [-0.39, 0.29) is 0 Å². The standard InChI is InChI=1S/C20H31N4O2PS/c28-20(22-9-5-2-6-10-22)21-27(19-7-3-1-4-8-19,23-11-15-25-16-12-23)24-13-17-26-18-14-24/h1,3-4,7-8H,2,5-6,9-18H2. The number of hydrogen-bond acceptors (Lipinski definition) is 3. The van der Waals surface area contributed by atoms with Crippen molar-refractivity contribution in [2.75, 3.05) is 65.7 Å². The van der Waals surface area contributed by atoms with E-state index in [2.05, 4.69) is 44.6 Å². The molecular weight excluding hydrogens is 391 g/mol. The van der Waals surface area contributed by atoms with E-state index in [1.165, 1.54) is 24.6 Å². The van der Waals surface area contributed by atoms with Gasteiger partial charge in [-0.2, -0.15) is 0 Å². The highest BCUT2D eigenvalue weighted by Gasteiger charge is 2.39. The van der Waals surface area contributed by atoms with Gasteiger partial charge in [-0.1, -0.05) is 30.3 Å². The highest BCUT2D eigenvalue weighted by molar-refractivity contribution is 7.81. The van der Waals surface area contributed by atoms with Crippen molar-refractivity contribution in [3.63, 3.8) is 0 Å². The van der Waals surface area contributed by atoms with Crippen LogP contribution in [0.3, 0.4) is 0 Å². The molecule has 0 unspecified atom stereocenters. The molecule has 3 saturated heterocycles. The second kappa shape index (κ2) is 9.79. The molecule has 0 bridgehead atoms. The van der Waals surface area contributed by atoms with Gasteiger partial charge < -0.3 is 14.4 Å². The number of rotatable bonds is 3. The minimum atomic E-state index is -2.17. The van der Waals surface area contributed by atoms with Crippen LogP contribution in [-0.4, -0.2) is 85.0 Å². The summed E-state index contributed by atoms with van der Waals surface area (Å²) in [5.74, 6) is 0. The third-order valence-corrected chi connectivity index (χ3v) is 10.0. The van der Waals surface area contributed by atoms with E-state index in [1.54, 1.807) is 0 Å². The van der Waals surface area contributed by atoms with Gasteiger partial charge in [0.05, 0.1) is 26.4 Å². The highest BCUT2D eigenvalue weighted by Crippen LogP contribution is 2.56. The van der Waals surface area contributed by atoms with Crippen molar-refractivity contribution in [3.05, 3.63) is 30.3 Å². The fourth-order valence-corrected chi connectivity index (χ4v) is 8.53. The first-order valence-electron chi connectivity index (χ1n) is 10.4. The summed E-state index contributed by atoms with van der Waals surface area (Å²) in [6.07, 6.45) is 3.72. The molecule has 0 spiro atoms. The van der Waals surface area contributed by atoms with Crippen molar-refractivity contribution < 1.29 is 9.47 Å². The van der Waals surface area contributed by atoms with E-state index in [4.69, 9.17) is 26.4 Å². The summed E-state index contributed by atoms with van der Waals surface area (Å²) in [7, 11) is -2.17. The van der Waals surface area contributed by atoms with Gasteiger partial charge in [0.1, 0.15) is 7.36 Å². The smallest absolute Gasteiger partial charge is 0.196 e. The number of benzene rings is 1. The van der Waals surface area contributed by atoms with Crippen LogP contribution in [0.1, 0.15) is 19.3 Å². The lowest BCUT2D eigenvalue weighted by Gasteiger charge is -2.47. The van der Waals surface area contributed by atoms with Crippen LogP contribution in [0.4, 0.5) is 0 Å². The average molecular weight is 423 g/mol. The summed E-state index contributed by atoms with van der Waals surface area (Å²) in [4.78, 5) is 2.32. The lowest BCUT2D eigenvalue weighted by atomic mass is 10.1. The molecule has 0 atom stereocenters. The Hall–Kier alpha value is -0.820. The minimum Gasteiger partial charge on any atom is -0.379 e. The first kappa shape index (κ1) is 20.5. The monoisotopic (exact) mass is 422 g/mol. The summed E-state index contributed by atoms with van der Waals surface area (Å²) in [5, 5.41) is 2.08. The molecule has 8 heteroatoms. The zero-order chi connectivity index (χ0) is 19.2. The van der Waals surface area contributed by atoms with Crippen molar-refractivity contribution >= 4 is 30.0 Å². The summed E-state index contributed by atoms with van der Waals surface area (Å²) < 4.78 is 22.0. The first-order chi connectivity index (χ1) is 13.8. The zero-order valence-electron chi connectivity index (χ0n) is 16.5. The largest absolute Gasteiger partial charge is 0.379 e. The fraction of sp³-hybridized carbons (Fsp3) is 0.650. The molecule has 3 aliphatic rings. The summed E-state index contributed by atoms with van der Waals surface area (Å²) in [6.45, 7) is 8.66. The number of nitrogens with zero attached hydrogens (tertiary/aromatic N) is 4. The molecular formula is C20H31N4O2PS. The normalized spacial score (nSPS) is 22.8. The average Bonchev–Trinajstić information content (AvgIpc) is 2.80. The van der Waals surface area contributed by atoms with Gasteiger partial charge in [0.2, 0.25) is 0 Å². The SMILES string of the molecule is S=C(N=P(c1ccccc1)(N1CCOCC1)N1CCOCC1)N1CCCCC1. The number of piperidine rings is 1. The van der Waals surface area contributed by atoms with Gasteiger partial charge in [-0.25, -0.2) is 14.1 Å². The zero-order valence-corrected chi connectivity index (χ0v) is 18.3. The second-order valence-corrected chi connectivity index (χ2v) is 10.8. The molecule has 0 N–H and O–H groups in total. The van der Waals surface area contributed by atoms with Crippen LogP contribution in [0.2, 0.25) is 0 Å². The quantitative estimate of drug-likeness (QED) is 0.551. The molecule has 1 aromatic carbocycles. The van der Waals surface area contributed by atoms with Gasteiger partial charge in [0.25, 0.3) is 0 Å². The lowest BCUT2D eigenvalue weighted by Crippen LogP contribution is -2.47. The Morgan fingerprint density at radius 1 is 0.786 bits per heavy atom. The van der Waals surface area contributed by atoms with Crippen LogP contribution in [0.15, 0.2) is 35.1 Å². The Kier molecular flexibility index (Phi) is 7.15. The summed E-state index contributed by atoms with van der Waals surface area (Å²) in [6, 6.07) is 10.8. The Morgan fingerprint density at radius 2 is 1.32 bits per heavy atom. The van der Waals surface area contributed by atoms with Gasteiger partial charge in [-0.05, 0) is 31.5 Å². The van der Waals surface area contributed by atoms with Crippen molar-refractivity contribution in [1.82, 2.24) is 14.2 Å². The topological polar surface area (TPSA) is 40.5 Å². The Labute approximate surface area is 173 Å². The number of hydrogen-bond donors (Lipinski definition) is 0. The molecule has 0 amide bonds. The molecule has 1 aromatic rings. The molecule has 3 heterocycles. The Balaban J connectivity index is 1.81. The van der Waals surface area contributed by atoms with Gasteiger partial charge in [-0.15, -0.1) is 0 Å². The van der Waals surface area contributed by atoms with Crippen molar-refractivity contribution in [3.8, 4) is 0 Å². The van der Waals surface area contributed by atoms with Crippen LogP contribution < -0.4 is 5.30 Å². The lowest BCUT2D eigenvalue weighted by molar-refractivity contribution is 0.0579. The maximum atomic E-state index is 5.93. The van der Waals surface area contributed by atoms with Gasteiger partial charge in [0.15, 0.2) is 5.11 Å². The molecule has 0 aromatic heterocycles. The maximum Gasteiger partial charge on any atom is 0.196 e. The first-order valence-corrected chi connectivity index (χ1v) is 12.5. The molecule has 3 fully saturated rings. The third kappa shape index (κ3) is 4.35. The molecule has 0 saturated carbocycles. The van der Waals surface area contributed by atoms with Gasteiger partial charge in [-0.3, -0.25) is 0 Å². The highest BCUT2D eigenvalue weighted by atomic mass is 32.1. The van der Waals surface area contributed by atoms with Crippen molar-refractivity contribution in [2.24, 2.45) is 4.74 Å². The third-order valence-electron chi connectivity index (χ3n) is 5.72. The fourth-order valence-electron chi connectivity index (χ4n) is 4.25. The van der Waals surface area contributed by atoms with E-state index in [0.29, 0.717) is 0 Å². The summed E-state index contributed by atoms with van der Waals surface area (Å²) >= 11 is 5.93. The van der Waals surface area contributed by atoms with E-state index >= 15 is 0 Å². The Morgan fingerprint density at radius 3 is 1.86 bits per heavy atom. The predicted octanol–water partition coefficient (Wildman–Crippen LogP) is 2.78. The number of thiocarbonyl (C=S) groups is 1. The molecule has 0 aliphatic carbocycles. The van der Waals surface area contributed by atoms with Crippen LogP contribution in [-0.2, 0) is 9.47 Å². The van der Waals surface area contributed by atoms with Crippen LogP contribution in [0, 0.1) is 0 Å². The minimum absolute atomic E-state index is 0.755. The van der Waals surface area contributed by atoms with E-state index in [9.17, 15) is 0 Å². The molecule has 0 radical (unpaired) electrons. The number of morpholine rings is 2. The summed E-state index contributed by atoms with van der Waals surface area (Å²) in [5.41, 5.74) is 0. The predicted molar refractivity (Wildman–Crippen MR) is 118 cm³/mol. The molecule has 28 heavy (non-hydrogen) atoms. The number of ether oxygens (including phenoxy) is 2. The van der Waals surface area contributed by atoms with Gasteiger partial charge in [0, 0.05) is 44.6 Å². The maximum absolute atomic E-state index is 5.93. The number of likely N-dealkylation sites (tertiary alicyclic amines) is 1. The van der Waals surface area contributed by atoms with E-state index < -0.39 is 7.36 Å². The van der Waals surface area contributed by atoms with Crippen molar-refractivity contribution in [1.29, 1.82) is 0 Å². The molecule has 154 valence electrons. The second-order valence-electron chi connectivity index (χ2n) is 7.47. The molecule has 3 aliphatic heterocycles. The van der Waals surface area contributed by atoms with E-state index in [0.717, 1.165) is 70.8 Å². The van der Waals surface area contributed by atoms with Gasteiger partial charge >= 0.3 is 0 Å². The Bertz CT molecular complexity index is 677. The molecule has 6 nitrogen and oxygen atoms in total. The van der Waals surface area contributed by atoms with Crippen LogP contribution in [0.5, 0.6) is 0 Å². The van der Waals surface area contributed by atoms with E-state index in [1.807, 2.05) is 0 Å².